The van der Waals surface area contributed by atoms with Crippen molar-refractivity contribution < 1.29 is 0 Å². The molecule has 0 fully saturated rings. The fraction of sp³-hybridized carbons (Fsp3) is 0.727. The van der Waals surface area contributed by atoms with Crippen molar-refractivity contribution in [3.8, 4) is 0 Å². The van der Waals surface area contributed by atoms with E-state index >= 15 is 0 Å². The summed E-state index contributed by atoms with van der Waals surface area (Å²) in [7, 11) is 0. The highest BCUT2D eigenvalue weighted by Gasteiger charge is 2.05. The largest absolute Gasteiger partial charge is 0.359 e. The van der Waals surface area contributed by atoms with E-state index in [2.05, 4.69) is 36.5 Å². The van der Waals surface area contributed by atoms with Gasteiger partial charge in [-0.05, 0) is 32.6 Å². The van der Waals surface area contributed by atoms with Crippen molar-refractivity contribution >= 4 is 16.5 Å². The number of nitrogens with one attached hydrogen (secondary N) is 1. The van der Waals surface area contributed by atoms with Crippen LogP contribution in [0.3, 0.4) is 0 Å². The van der Waals surface area contributed by atoms with Crippen molar-refractivity contribution in [2.24, 2.45) is 5.92 Å². The summed E-state index contributed by atoms with van der Waals surface area (Å²) in [6, 6.07) is 0.531. The molecule has 80 valence electrons. The van der Waals surface area contributed by atoms with Gasteiger partial charge in [0.1, 0.15) is 0 Å². The summed E-state index contributed by atoms with van der Waals surface area (Å²) in [5, 5.41) is 6.56. The smallest absolute Gasteiger partial charge is 0.183 e. The minimum Gasteiger partial charge on any atom is -0.359 e. The first-order valence-corrected chi connectivity index (χ1v) is 6.14. The van der Waals surface area contributed by atoms with Crippen LogP contribution in [0.15, 0.2) is 5.38 Å². The maximum absolute atomic E-state index is 4.39. The number of rotatable bonds is 5. The Labute approximate surface area is 90.8 Å². The molecule has 1 aromatic heterocycles. The molecular weight excluding hydrogens is 192 g/mol. The Kier molecular flexibility index (Phi) is 4.39. The van der Waals surface area contributed by atoms with Gasteiger partial charge in [0.2, 0.25) is 0 Å². The van der Waals surface area contributed by atoms with Gasteiger partial charge in [0, 0.05) is 11.4 Å². The van der Waals surface area contributed by atoms with Gasteiger partial charge in [0.25, 0.3) is 0 Å². The summed E-state index contributed by atoms with van der Waals surface area (Å²) < 4.78 is 0. The van der Waals surface area contributed by atoms with Crippen molar-refractivity contribution in [2.45, 2.75) is 46.6 Å². The summed E-state index contributed by atoms with van der Waals surface area (Å²) in [4.78, 5) is 4.39. The topological polar surface area (TPSA) is 24.9 Å². The van der Waals surface area contributed by atoms with E-state index in [0.29, 0.717) is 6.04 Å². The quantitative estimate of drug-likeness (QED) is 0.805. The molecule has 1 N–H and O–H groups in total. The first-order valence-electron chi connectivity index (χ1n) is 5.26. The lowest BCUT2D eigenvalue weighted by Gasteiger charge is -2.13. The number of aryl methyl sites for hydroxylation is 1. The second-order valence-corrected chi connectivity index (χ2v) is 5.17. The van der Waals surface area contributed by atoms with Gasteiger partial charge < -0.3 is 5.32 Å². The third kappa shape index (κ3) is 4.09. The van der Waals surface area contributed by atoms with Gasteiger partial charge in [-0.1, -0.05) is 13.8 Å². The molecule has 1 rings (SSSR count). The van der Waals surface area contributed by atoms with E-state index in [9.17, 15) is 0 Å². The lowest BCUT2D eigenvalue weighted by Crippen LogP contribution is -2.15. The highest BCUT2D eigenvalue weighted by molar-refractivity contribution is 7.13. The zero-order chi connectivity index (χ0) is 10.6. The van der Waals surface area contributed by atoms with E-state index < -0.39 is 0 Å². The Morgan fingerprint density at radius 2 is 2.07 bits per heavy atom. The number of thiazole rings is 1. The molecule has 1 unspecified atom stereocenters. The van der Waals surface area contributed by atoms with E-state index in [1.165, 1.54) is 12.8 Å². The third-order valence-electron chi connectivity index (χ3n) is 2.17. The first kappa shape index (κ1) is 11.5. The number of hydrogen-bond donors (Lipinski definition) is 1. The van der Waals surface area contributed by atoms with Crippen molar-refractivity contribution in [3.05, 3.63) is 11.1 Å². The van der Waals surface area contributed by atoms with Gasteiger partial charge in [-0.25, -0.2) is 4.98 Å². The average molecular weight is 212 g/mol. The molecule has 3 heteroatoms. The monoisotopic (exact) mass is 212 g/mol. The predicted octanol–water partition coefficient (Wildman–Crippen LogP) is 3.69. The van der Waals surface area contributed by atoms with Crippen LogP contribution in [0.1, 0.15) is 39.3 Å². The molecule has 0 bridgehead atoms. The van der Waals surface area contributed by atoms with Crippen LogP contribution in [0.2, 0.25) is 0 Å². The van der Waals surface area contributed by atoms with Crippen LogP contribution in [-0.2, 0) is 0 Å². The normalized spacial score (nSPS) is 13.2. The van der Waals surface area contributed by atoms with Gasteiger partial charge in [-0.15, -0.1) is 11.3 Å². The van der Waals surface area contributed by atoms with Gasteiger partial charge in [0.15, 0.2) is 5.13 Å². The molecule has 1 atom stereocenters. The number of aromatic nitrogens is 1. The molecule has 0 radical (unpaired) electrons. The summed E-state index contributed by atoms with van der Waals surface area (Å²) in [6.07, 6.45) is 2.49. The molecule has 0 spiro atoms. The molecule has 0 saturated carbocycles. The molecule has 0 aliphatic rings. The summed E-state index contributed by atoms with van der Waals surface area (Å²) in [5.74, 6) is 0.789. The highest BCUT2D eigenvalue weighted by Crippen LogP contribution is 2.17. The van der Waals surface area contributed by atoms with Crippen molar-refractivity contribution in [1.29, 1.82) is 0 Å². The van der Waals surface area contributed by atoms with Crippen molar-refractivity contribution in [2.75, 3.05) is 5.32 Å². The Morgan fingerprint density at radius 3 is 2.57 bits per heavy atom. The van der Waals surface area contributed by atoms with Crippen molar-refractivity contribution in [3.63, 3.8) is 0 Å². The standard InChI is InChI=1S/C11H20N2S/c1-8(2)5-6-9(3)12-11-13-10(4)7-14-11/h7-9H,5-6H2,1-4H3,(H,12,13). The first-order chi connectivity index (χ1) is 6.58. The SMILES string of the molecule is Cc1csc(NC(C)CCC(C)C)n1. The maximum atomic E-state index is 4.39. The highest BCUT2D eigenvalue weighted by atomic mass is 32.1. The second-order valence-electron chi connectivity index (χ2n) is 4.31. The summed E-state index contributed by atoms with van der Waals surface area (Å²) in [5.41, 5.74) is 1.11. The van der Waals surface area contributed by atoms with Gasteiger partial charge in [-0.2, -0.15) is 0 Å². The number of anilines is 1. The molecule has 1 aromatic rings. The Hall–Kier alpha value is -0.570. The van der Waals surface area contributed by atoms with Gasteiger partial charge in [0.05, 0.1) is 5.69 Å². The third-order valence-corrected chi connectivity index (χ3v) is 3.06. The van der Waals surface area contributed by atoms with Gasteiger partial charge in [-0.3, -0.25) is 0 Å². The van der Waals surface area contributed by atoms with Gasteiger partial charge >= 0.3 is 0 Å². The number of nitrogens with zero attached hydrogens (tertiary/aromatic N) is 1. The molecule has 0 aliphatic carbocycles. The molecule has 0 aromatic carbocycles. The molecule has 0 amide bonds. The summed E-state index contributed by atoms with van der Waals surface area (Å²) >= 11 is 1.69. The fourth-order valence-corrected chi connectivity index (χ4v) is 2.09. The van der Waals surface area contributed by atoms with Crippen LogP contribution in [0.5, 0.6) is 0 Å². The van der Waals surface area contributed by atoms with E-state index in [0.717, 1.165) is 16.7 Å². The zero-order valence-electron chi connectivity index (χ0n) is 9.50. The fourth-order valence-electron chi connectivity index (χ4n) is 1.29. The van der Waals surface area contributed by atoms with Crippen molar-refractivity contribution in [1.82, 2.24) is 4.98 Å². The van der Waals surface area contributed by atoms with E-state index in [4.69, 9.17) is 0 Å². The molecule has 2 nitrogen and oxygen atoms in total. The molecular formula is C11H20N2S. The Balaban J connectivity index is 2.30. The van der Waals surface area contributed by atoms with Crippen LogP contribution >= 0.6 is 11.3 Å². The zero-order valence-corrected chi connectivity index (χ0v) is 10.3. The summed E-state index contributed by atoms with van der Waals surface area (Å²) in [6.45, 7) is 8.78. The molecule has 0 aliphatic heterocycles. The maximum Gasteiger partial charge on any atom is 0.183 e. The predicted molar refractivity (Wildman–Crippen MR) is 64.0 cm³/mol. The van der Waals surface area contributed by atoms with Crippen LogP contribution < -0.4 is 5.32 Å². The second kappa shape index (κ2) is 5.35. The number of hydrogen-bond acceptors (Lipinski definition) is 3. The van der Waals surface area contributed by atoms with Crippen LogP contribution in [0.4, 0.5) is 5.13 Å². The van der Waals surface area contributed by atoms with E-state index in [1.54, 1.807) is 11.3 Å². The molecule has 14 heavy (non-hydrogen) atoms. The van der Waals surface area contributed by atoms with E-state index in [-0.39, 0.29) is 0 Å². The minimum atomic E-state index is 0.531. The molecule has 0 saturated heterocycles. The Morgan fingerprint density at radius 1 is 1.36 bits per heavy atom. The van der Waals surface area contributed by atoms with Crippen LogP contribution in [0, 0.1) is 12.8 Å². The van der Waals surface area contributed by atoms with Crippen LogP contribution in [-0.4, -0.2) is 11.0 Å². The van der Waals surface area contributed by atoms with Crippen LogP contribution in [0.25, 0.3) is 0 Å². The average Bonchev–Trinajstić information content (AvgIpc) is 2.48. The minimum absolute atomic E-state index is 0.531. The van der Waals surface area contributed by atoms with E-state index in [1.807, 2.05) is 6.92 Å². The Bertz CT molecular complexity index is 268. The molecule has 1 heterocycles. The lowest BCUT2D eigenvalue weighted by molar-refractivity contribution is 0.527. The lowest BCUT2D eigenvalue weighted by atomic mass is 10.0.